The fourth-order valence-corrected chi connectivity index (χ4v) is 8.18. The molecule has 0 saturated carbocycles. The normalized spacial score (nSPS) is 19.9. The summed E-state index contributed by atoms with van der Waals surface area (Å²) in [6.07, 6.45) is 11.0. The molecule has 7 nitrogen and oxygen atoms in total. The number of benzene rings is 2. The number of allylic oxidation sites excluding steroid dienone is 2. The highest BCUT2D eigenvalue weighted by Crippen LogP contribution is 2.44. The number of sulfone groups is 1. The quantitative estimate of drug-likeness (QED) is 0.257. The predicted molar refractivity (Wildman–Crippen MR) is 168 cm³/mol. The zero-order valence-corrected chi connectivity index (χ0v) is 25.7. The molecule has 0 bridgehead atoms. The van der Waals surface area contributed by atoms with E-state index in [0.29, 0.717) is 37.1 Å². The Hall–Kier alpha value is -2.88. The number of nitrogens with one attached hydrogen (secondary N) is 2. The van der Waals surface area contributed by atoms with Crippen LogP contribution in [0.15, 0.2) is 78.9 Å². The molecule has 3 N–H and O–H groups in total. The predicted octanol–water partition coefficient (Wildman–Crippen LogP) is 4.67. The molecule has 4 unspecified atom stereocenters. The van der Waals surface area contributed by atoms with Crippen LogP contribution in [0.3, 0.4) is 0 Å². The number of amides is 1. The zero-order valence-electron chi connectivity index (χ0n) is 24.1. The van der Waals surface area contributed by atoms with Crippen LogP contribution < -0.4 is 10.6 Å². The maximum atomic E-state index is 14.2. The Morgan fingerprint density at radius 3 is 2.44 bits per heavy atom. The molecular weight excluding hydrogens is 556 g/mol. The van der Waals surface area contributed by atoms with E-state index in [-0.39, 0.29) is 12.2 Å². The lowest BCUT2D eigenvalue weighted by atomic mass is 9.66. The van der Waals surface area contributed by atoms with Gasteiger partial charge in [-0.3, -0.25) is 10.1 Å². The number of hydrogen-bond acceptors (Lipinski definition) is 6. The van der Waals surface area contributed by atoms with Crippen molar-refractivity contribution < 1.29 is 23.1 Å². The van der Waals surface area contributed by atoms with Crippen molar-refractivity contribution in [2.75, 3.05) is 24.3 Å². The third-order valence-electron chi connectivity index (χ3n) is 7.58. The third kappa shape index (κ3) is 8.11. The second-order valence-corrected chi connectivity index (χ2v) is 13.6. The maximum absolute atomic E-state index is 14.2. The van der Waals surface area contributed by atoms with Crippen LogP contribution in [0.1, 0.15) is 42.9 Å². The summed E-state index contributed by atoms with van der Waals surface area (Å²) >= 11 is 1.50. The van der Waals surface area contributed by atoms with Crippen molar-refractivity contribution in [3.05, 3.63) is 95.6 Å². The molecule has 41 heavy (non-hydrogen) atoms. The van der Waals surface area contributed by atoms with E-state index in [2.05, 4.69) is 10.6 Å². The van der Waals surface area contributed by atoms with Gasteiger partial charge >= 0.3 is 5.97 Å². The first-order valence-corrected chi connectivity index (χ1v) is 17.2. The summed E-state index contributed by atoms with van der Waals surface area (Å²) in [7, 11) is -3.78. The second-order valence-electron chi connectivity index (χ2n) is 10.4. The number of unbranched alkanes of at least 4 members (excludes halogenated alkanes) is 1. The lowest BCUT2D eigenvalue weighted by Crippen LogP contribution is -2.60. The van der Waals surface area contributed by atoms with Crippen LogP contribution in [-0.4, -0.2) is 61.1 Å². The van der Waals surface area contributed by atoms with Crippen molar-refractivity contribution in [2.45, 2.75) is 56.4 Å². The molecule has 0 saturated heterocycles. The van der Waals surface area contributed by atoms with Gasteiger partial charge in [-0.2, -0.15) is 11.8 Å². The van der Waals surface area contributed by atoms with Crippen LogP contribution in [-0.2, 0) is 31.3 Å². The summed E-state index contributed by atoms with van der Waals surface area (Å²) in [5.74, 6) is -2.05. The summed E-state index contributed by atoms with van der Waals surface area (Å²) < 4.78 is 28.4. The lowest BCUT2D eigenvalue weighted by molar-refractivity contribution is -0.142. The van der Waals surface area contributed by atoms with Crippen LogP contribution in [0.2, 0.25) is 0 Å². The Balaban J connectivity index is 2.14. The van der Waals surface area contributed by atoms with Crippen LogP contribution in [0.4, 0.5) is 0 Å². The first-order chi connectivity index (χ1) is 19.7. The molecule has 0 fully saturated rings. The average Bonchev–Trinajstić information content (AvgIpc) is 2.96. The topological polar surface area (TPSA) is 113 Å². The van der Waals surface area contributed by atoms with E-state index in [1.54, 1.807) is 18.2 Å². The van der Waals surface area contributed by atoms with E-state index in [1.165, 1.54) is 11.8 Å². The fraction of sp³-hybridized carbons (Fsp3) is 0.438. The first kappa shape index (κ1) is 32.6. The van der Waals surface area contributed by atoms with E-state index in [4.69, 9.17) is 0 Å². The van der Waals surface area contributed by atoms with Gasteiger partial charge in [0.15, 0.2) is 9.84 Å². The number of carboxylic acid groups (broad SMARTS) is 1. The van der Waals surface area contributed by atoms with Gasteiger partial charge in [-0.1, -0.05) is 92.2 Å². The molecule has 0 radical (unpaired) electrons. The average molecular weight is 599 g/mol. The number of thioether (sulfide) groups is 1. The standard InChI is InChI=1S/C32H42N2O5S2/c1-4-5-23-41(38,39)31(33-21-18-25-14-7-6-8-15-25)32(26-16-10-9-13-24(26)2)20-12-11-17-27(32)29(35)34-28(30(36)37)19-22-40-3/h6-17,20,27-28,31,33H,4-5,18-19,21-23H2,1-3H3,(H,34,35)(H,36,37). The summed E-state index contributed by atoms with van der Waals surface area (Å²) in [5, 5.41) is 14.8. The first-order valence-electron chi connectivity index (χ1n) is 14.1. The maximum Gasteiger partial charge on any atom is 0.326 e. The molecule has 9 heteroatoms. The highest BCUT2D eigenvalue weighted by atomic mass is 32.2. The minimum Gasteiger partial charge on any atom is -0.480 e. The SMILES string of the molecule is CCCCS(=O)(=O)C(NCCc1ccccc1)C1(c2ccccc2C)C=CC=CC1C(=O)NC(CCSC)C(=O)O. The molecular formula is C32H42N2O5S2. The summed E-state index contributed by atoms with van der Waals surface area (Å²) in [6.45, 7) is 4.24. The molecule has 2 aromatic carbocycles. The molecule has 3 rings (SSSR count). The van der Waals surface area contributed by atoms with Crippen molar-refractivity contribution >= 4 is 33.5 Å². The van der Waals surface area contributed by atoms with Crippen LogP contribution >= 0.6 is 11.8 Å². The molecule has 1 aliphatic rings. The van der Waals surface area contributed by atoms with Crippen molar-refractivity contribution in [3.8, 4) is 0 Å². The van der Waals surface area contributed by atoms with Crippen LogP contribution in [0.5, 0.6) is 0 Å². The number of aryl methyl sites for hydroxylation is 1. The van der Waals surface area contributed by atoms with Gasteiger partial charge in [-0.05, 0) is 54.9 Å². The van der Waals surface area contributed by atoms with Crippen LogP contribution in [0.25, 0.3) is 0 Å². The highest BCUT2D eigenvalue weighted by molar-refractivity contribution is 7.98. The number of carboxylic acids is 1. The Bertz CT molecular complexity index is 1330. The highest BCUT2D eigenvalue weighted by Gasteiger charge is 2.53. The zero-order chi connectivity index (χ0) is 29.9. The smallest absolute Gasteiger partial charge is 0.326 e. The number of carbonyl (C=O) groups is 2. The van der Waals surface area contributed by atoms with Crippen molar-refractivity contribution in [3.63, 3.8) is 0 Å². The summed E-state index contributed by atoms with van der Waals surface area (Å²) in [6, 6.07) is 16.3. The van der Waals surface area contributed by atoms with E-state index in [9.17, 15) is 23.1 Å². The molecule has 222 valence electrons. The number of aliphatic carboxylic acids is 1. The van der Waals surface area contributed by atoms with Gasteiger partial charge in [-0.25, -0.2) is 13.2 Å². The Morgan fingerprint density at radius 2 is 1.78 bits per heavy atom. The van der Waals surface area contributed by atoms with Gasteiger partial charge in [-0.15, -0.1) is 0 Å². The minimum absolute atomic E-state index is 0.0303. The number of rotatable bonds is 16. The number of carbonyl (C=O) groups excluding carboxylic acids is 1. The molecule has 1 amide bonds. The second kappa shape index (κ2) is 15.4. The Morgan fingerprint density at radius 1 is 1.07 bits per heavy atom. The molecule has 0 heterocycles. The monoisotopic (exact) mass is 598 g/mol. The van der Waals surface area contributed by atoms with Gasteiger partial charge in [0, 0.05) is 6.54 Å². The van der Waals surface area contributed by atoms with Gasteiger partial charge in [0.2, 0.25) is 5.91 Å². The molecule has 2 aromatic rings. The largest absolute Gasteiger partial charge is 0.480 e. The minimum atomic E-state index is -3.78. The fourth-order valence-electron chi connectivity index (χ4n) is 5.47. The third-order valence-corrected chi connectivity index (χ3v) is 10.4. The number of hydrogen-bond donors (Lipinski definition) is 3. The van der Waals surface area contributed by atoms with E-state index >= 15 is 0 Å². The van der Waals surface area contributed by atoms with E-state index in [1.807, 2.05) is 80.8 Å². The van der Waals surface area contributed by atoms with Gasteiger partial charge in [0.1, 0.15) is 11.4 Å². The molecule has 4 atom stereocenters. The van der Waals surface area contributed by atoms with Crippen molar-refractivity contribution in [2.24, 2.45) is 5.92 Å². The lowest BCUT2D eigenvalue weighted by Gasteiger charge is -2.45. The summed E-state index contributed by atoms with van der Waals surface area (Å²) in [4.78, 5) is 26.1. The molecule has 0 spiro atoms. The van der Waals surface area contributed by atoms with E-state index in [0.717, 1.165) is 11.1 Å². The van der Waals surface area contributed by atoms with Gasteiger partial charge < -0.3 is 10.4 Å². The van der Waals surface area contributed by atoms with Crippen molar-refractivity contribution in [1.29, 1.82) is 0 Å². The van der Waals surface area contributed by atoms with E-state index < -0.39 is 44.5 Å². The molecule has 0 aromatic heterocycles. The van der Waals surface area contributed by atoms with Crippen molar-refractivity contribution in [1.82, 2.24) is 10.6 Å². The summed E-state index contributed by atoms with van der Waals surface area (Å²) in [5.41, 5.74) is 1.33. The van der Waals surface area contributed by atoms with Crippen LogP contribution in [0, 0.1) is 12.8 Å². The Labute approximate surface area is 248 Å². The molecule has 1 aliphatic carbocycles. The molecule has 0 aliphatic heterocycles. The van der Waals surface area contributed by atoms with Gasteiger partial charge in [0.25, 0.3) is 0 Å². The van der Waals surface area contributed by atoms with Gasteiger partial charge in [0.05, 0.1) is 17.1 Å². The Kier molecular flexibility index (Phi) is 12.2.